The lowest BCUT2D eigenvalue weighted by Gasteiger charge is -2.11. The van der Waals surface area contributed by atoms with Crippen molar-refractivity contribution < 1.29 is 19.3 Å². The van der Waals surface area contributed by atoms with Crippen LogP contribution in [0.4, 0.5) is 5.69 Å². The van der Waals surface area contributed by atoms with Gasteiger partial charge in [-0.05, 0) is 18.2 Å². The standard InChI is InChI=1S/C14H7ClN2O5S/c15-12-4-3-11(23-12)10(18)6-16-13(19)8-2-1-7(17(21)22)5-9(8)14(16)20/h1-5H,6H2. The molecular formula is C14H7ClN2O5S. The molecular weight excluding hydrogens is 344 g/mol. The predicted octanol–water partition coefficient (Wildman–Crippen LogP) is 2.79. The predicted molar refractivity (Wildman–Crippen MR) is 82.1 cm³/mol. The average Bonchev–Trinajstić information content (AvgIpc) is 3.05. The van der Waals surface area contributed by atoms with Gasteiger partial charge in [-0.15, -0.1) is 11.3 Å². The maximum absolute atomic E-state index is 12.3. The summed E-state index contributed by atoms with van der Waals surface area (Å²) < 4.78 is 0.423. The van der Waals surface area contributed by atoms with Gasteiger partial charge in [-0.25, -0.2) is 0 Å². The molecule has 2 heterocycles. The number of carbonyl (C=O) groups excluding carboxylic acids is 3. The van der Waals surface area contributed by atoms with Gasteiger partial charge in [-0.2, -0.15) is 0 Å². The SMILES string of the molecule is O=C(CN1C(=O)c2ccc([N+](=O)[O-])cc2C1=O)c1ccc(Cl)s1. The summed E-state index contributed by atoms with van der Waals surface area (Å²) >= 11 is 6.80. The Kier molecular flexibility index (Phi) is 3.70. The van der Waals surface area contributed by atoms with Crippen molar-refractivity contribution in [2.24, 2.45) is 0 Å². The van der Waals surface area contributed by atoms with E-state index in [-0.39, 0.29) is 16.8 Å². The normalized spacial score (nSPS) is 13.3. The number of nitro groups is 1. The molecule has 0 N–H and O–H groups in total. The number of halogens is 1. The van der Waals surface area contributed by atoms with Gasteiger partial charge < -0.3 is 0 Å². The van der Waals surface area contributed by atoms with E-state index in [0.29, 0.717) is 9.21 Å². The number of Topliss-reactive ketones (excluding diaryl/α,β-unsaturated/α-hetero) is 1. The lowest BCUT2D eigenvalue weighted by molar-refractivity contribution is -0.384. The Balaban J connectivity index is 1.88. The second kappa shape index (κ2) is 5.56. The van der Waals surface area contributed by atoms with Crippen LogP contribution in [0.1, 0.15) is 30.4 Å². The Morgan fingerprint density at radius 2 is 1.87 bits per heavy atom. The second-order valence-electron chi connectivity index (χ2n) is 4.71. The minimum absolute atomic E-state index is 0.0533. The number of ketones is 1. The van der Waals surface area contributed by atoms with Gasteiger partial charge in [-0.1, -0.05) is 11.6 Å². The van der Waals surface area contributed by atoms with Crippen LogP contribution in [0.15, 0.2) is 30.3 Å². The molecule has 1 aliphatic rings. The molecule has 2 amide bonds. The first-order valence-electron chi connectivity index (χ1n) is 6.31. The fourth-order valence-corrected chi connectivity index (χ4v) is 3.19. The molecule has 0 aliphatic carbocycles. The third-order valence-electron chi connectivity index (χ3n) is 3.31. The van der Waals surface area contributed by atoms with Gasteiger partial charge >= 0.3 is 0 Å². The van der Waals surface area contributed by atoms with Crippen molar-refractivity contribution in [1.29, 1.82) is 0 Å². The van der Waals surface area contributed by atoms with Crippen molar-refractivity contribution >= 4 is 46.2 Å². The Hall–Kier alpha value is -2.58. The van der Waals surface area contributed by atoms with Crippen LogP contribution >= 0.6 is 22.9 Å². The van der Waals surface area contributed by atoms with Crippen molar-refractivity contribution in [1.82, 2.24) is 4.90 Å². The summed E-state index contributed by atoms with van der Waals surface area (Å²) in [6.07, 6.45) is 0. The number of nitro benzene ring substituents is 1. The number of amides is 2. The highest BCUT2D eigenvalue weighted by Gasteiger charge is 2.38. The number of rotatable bonds is 4. The van der Waals surface area contributed by atoms with Crippen LogP contribution in [-0.4, -0.2) is 34.0 Å². The highest BCUT2D eigenvalue weighted by molar-refractivity contribution is 7.18. The molecule has 0 saturated heterocycles. The monoisotopic (exact) mass is 350 g/mol. The van der Waals surface area contributed by atoms with Gasteiger partial charge in [0.05, 0.1) is 31.8 Å². The van der Waals surface area contributed by atoms with Crippen LogP contribution in [0.3, 0.4) is 0 Å². The smallest absolute Gasteiger partial charge is 0.270 e. The summed E-state index contributed by atoms with van der Waals surface area (Å²) in [6.45, 7) is -0.434. The third kappa shape index (κ3) is 2.62. The molecule has 0 bridgehead atoms. The van der Waals surface area contributed by atoms with E-state index in [4.69, 9.17) is 11.6 Å². The number of benzene rings is 1. The zero-order chi connectivity index (χ0) is 16.7. The summed E-state index contributed by atoms with van der Waals surface area (Å²) in [7, 11) is 0. The van der Waals surface area contributed by atoms with Crippen LogP contribution < -0.4 is 0 Å². The van der Waals surface area contributed by atoms with Gasteiger partial charge in [0.15, 0.2) is 5.78 Å². The largest absolute Gasteiger partial charge is 0.291 e. The fraction of sp³-hybridized carbons (Fsp3) is 0.0714. The summed E-state index contributed by atoms with van der Waals surface area (Å²) in [4.78, 5) is 47.8. The van der Waals surface area contributed by atoms with E-state index in [1.165, 1.54) is 12.1 Å². The number of hydrogen-bond acceptors (Lipinski definition) is 6. The molecule has 0 fully saturated rings. The lowest BCUT2D eigenvalue weighted by Crippen LogP contribution is -2.34. The number of nitrogens with zero attached hydrogens (tertiary/aromatic N) is 2. The van der Waals surface area contributed by atoms with Crippen molar-refractivity contribution in [3.8, 4) is 0 Å². The molecule has 1 aromatic carbocycles. The molecule has 0 unspecified atom stereocenters. The Morgan fingerprint density at radius 1 is 1.17 bits per heavy atom. The van der Waals surface area contributed by atoms with Crippen LogP contribution in [0.5, 0.6) is 0 Å². The molecule has 1 aromatic heterocycles. The molecule has 9 heteroatoms. The highest BCUT2D eigenvalue weighted by atomic mass is 35.5. The Labute approximate surface area is 138 Å². The quantitative estimate of drug-likeness (QED) is 0.365. The number of imide groups is 1. The molecule has 0 spiro atoms. The molecule has 0 saturated carbocycles. The van der Waals surface area contributed by atoms with Crippen molar-refractivity contribution in [2.75, 3.05) is 6.54 Å². The average molecular weight is 351 g/mol. The van der Waals surface area contributed by atoms with Gasteiger partial charge in [0.1, 0.15) is 0 Å². The molecule has 1 aliphatic heterocycles. The van der Waals surface area contributed by atoms with Crippen LogP contribution in [-0.2, 0) is 0 Å². The van der Waals surface area contributed by atoms with E-state index in [2.05, 4.69) is 0 Å². The molecule has 23 heavy (non-hydrogen) atoms. The van der Waals surface area contributed by atoms with Gasteiger partial charge in [0.25, 0.3) is 17.5 Å². The van der Waals surface area contributed by atoms with E-state index in [1.807, 2.05) is 0 Å². The lowest BCUT2D eigenvalue weighted by atomic mass is 10.1. The van der Waals surface area contributed by atoms with Crippen LogP contribution in [0.25, 0.3) is 0 Å². The molecule has 0 radical (unpaired) electrons. The first-order chi connectivity index (χ1) is 10.9. The molecule has 0 atom stereocenters. The summed E-state index contributed by atoms with van der Waals surface area (Å²) in [6, 6.07) is 6.47. The minimum Gasteiger partial charge on any atom is -0.291 e. The van der Waals surface area contributed by atoms with Crippen LogP contribution in [0, 0.1) is 10.1 Å². The van der Waals surface area contributed by atoms with Gasteiger partial charge in [0.2, 0.25) is 0 Å². The molecule has 116 valence electrons. The maximum Gasteiger partial charge on any atom is 0.270 e. The fourth-order valence-electron chi connectivity index (χ4n) is 2.22. The first-order valence-corrected chi connectivity index (χ1v) is 7.51. The second-order valence-corrected chi connectivity index (χ2v) is 6.43. The summed E-state index contributed by atoms with van der Waals surface area (Å²) in [5.74, 6) is -1.79. The zero-order valence-electron chi connectivity index (χ0n) is 11.3. The van der Waals surface area contributed by atoms with Gasteiger partial charge in [0, 0.05) is 12.1 Å². The van der Waals surface area contributed by atoms with E-state index in [0.717, 1.165) is 28.4 Å². The molecule has 2 aromatic rings. The van der Waals surface area contributed by atoms with E-state index >= 15 is 0 Å². The Morgan fingerprint density at radius 3 is 2.48 bits per heavy atom. The van der Waals surface area contributed by atoms with Crippen molar-refractivity contribution in [3.63, 3.8) is 0 Å². The van der Waals surface area contributed by atoms with Gasteiger partial charge in [-0.3, -0.25) is 29.4 Å². The minimum atomic E-state index is -0.718. The van der Waals surface area contributed by atoms with Crippen molar-refractivity contribution in [3.05, 3.63) is 60.8 Å². The zero-order valence-corrected chi connectivity index (χ0v) is 12.9. The van der Waals surface area contributed by atoms with Crippen molar-refractivity contribution in [2.45, 2.75) is 0 Å². The van der Waals surface area contributed by atoms with E-state index < -0.39 is 29.1 Å². The number of carbonyl (C=O) groups is 3. The molecule has 3 rings (SSSR count). The first kappa shape index (κ1) is 15.3. The van der Waals surface area contributed by atoms with E-state index in [1.54, 1.807) is 6.07 Å². The number of hydrogen-bond donors (Lipinski definition) is 0. The topological polar surface area (TPSA) is 97.6 Å². The number of thiophene rings is 1. The Bertz CT molecular complexity index is 876. The number of fused-ring (bicyclic) bond motifs is 1. The highest BCUT2D eigenvalue weighted by Crippen LogP contribution is 2.28. The number of non-ortho nitro benzene ring substituents is 1. The van der Waals surface area contributed by atoms with E-state index in [9.17, 15) is 24.5 Å². The summed E-state index contributed by atoms with van der Waals surface area (Å²) in [5, 5.41) is 10.8. The maximum atomic E-state index is 12.3. The van der Waals surface area contributed by atoms with Crippen LogP contribution in [0.2, 0.25) is 4.34 Å². The third-order valence-corrected chi connectivity index (χ3v) is 4.59. The summed E-state index contributed by atoms with van der Waals surface area (Å²) in [5.41, 5.74) is -0.304. The molecule has 7 nitrogen and oxygen atoms in total.